The number of amides is 1. The largest absolute Gasteiger partial charge is 0.484 e. The maximum absolute atomic E-state index is 10.9. The minimum atomic E-state index is -0.404. The first-order valence-corrected chi connectivity index (χ1v) is 8.16. The Balaban J connectivity index is 2.09. The molecule has 0 fully saturated rings. The number of ether oxygens (including phenoxy) is 1. The van der Waals surface area contributed by atoms with E-state index in [9.17, 15) is 4.79 Å². The number of primary amides is 1. The summed E-state index contributed by atoms with van der Waals surface area (Å²) < 4.78 is 7.50. The van der Waals surface area contributed by atoms with Crippen LogP contribution in [0.2, 0.25) is 10.0 Å². The number of carbonyl (C=O) groups excluding carboxylic acids is 1. The van der Waals surface area contributed by atoms with E-state index in [-0.39, 0.29) is 12.4 Å². The summed E-state index contributed by atoms with van der Waals surface area (Å²) in [5.41, 5.74) is 5.14. The quantitative estimate of drug-likeness (QED) is 0.767. The molecular formula is C13H14Cl2N4O2S. The van der Waals surface area contributed by atoms with Gasteiger partial charge in [-0.2, -0.15) is 0 Å². The van der Waals surface area contributed by atoms with Gasteiger partial charge in [0.05, 0.1) is 10.8 Å². The fraction of sp³-hybridized carbons (Fsp3) is 0.308. The van der Waals surface area contributed by atoms with Gasteiger partial charge in [-0.05, 0) is 19.1 Å². The highest BCUT2D eigenvalue weighted by Gasteiger charge is 2.13. The average molecular weight is 361 g/mol. The van der Waals surface area contributed by atoms with Gasteiger partial charge < -0.3 is 15.0 Å². The van der Waals surface area contributed by atoms with E-state index in [4.69, 9.17) is 33.7 Å². The van der Waals surface area contributed by atoms with Crippen molar-refractivity contribution in [3.8, 4) is 5.75 Å². The Kier molecular flexibility index (Phi) is 5.93. The first-order valence-electron chi connectivity index (χ1n) is 6.42. The van der Waals surface area contributed by atoms with Gasteiger partial charge >= 0.3 is 0 Å². The molecule has 0 atom stereocenters. The molecule has 1 aromatic heterocycles. The summed E-state index contributed by atoms with van der Waals surface area (Å²) in [6.45, 7) is 2.79. The number of thioether (sulfide) groups is 1. The number of nitrogens with two attached hydrogens (primary N) is 1. The smallest absolute Gasteiger partial charge is 0.227 e. The predicted molar refractivity (Wildman–Crippen MR) is 86.4 cm³/mol. The number of nitrogens with zero attached hydrogens (tertiary/aromatic N) is 3. The van der Waals surface area contributed by atoms with Crippen molar-refractivity contribution in [3.63, 3.8) is 0 Å². The van der Waals surface area contributed by atoms with Crippen molar-refractivity contribution >= 4 is 40.9 Å². The molecule has 118 valence electrons. The third kappa shape index (κ3) is 4.28. The molecule has 0 aliphatic carbocycles. The topological polar surface area (TPSA) is 83.0 Å². The van der Waals surface area contributed by atoms with E-state index in [1.54, 1.807) is 18.2 Å². The number of hydrogen-bond acceptors (Lipinski definition) is 5. The number of aromatic nitrogens is 3. The molecule has 0 aliphatic heterocycles. The van der Waals surface area contributed by atoms with Gasteiger partial charge in [0.25, 0.3) is 0 Å². The van der Waals surface area contributed by atoms with Crippen LogP contribution >= 0.6 is 35.0 Å². The van der Waals surface area contributed by atoms with Crippen molar-refractivity contribution < 1.29 is 9.53 Å². The Hall–Kier alpha value is -1.44. The molecule has 0 unspecified atom stereocenters. The van der Waals surface area contributed by atoms with E-state index in [0.717, 1.165) is 0 Å². The Bertz CT molecular complexity index is 678. The monoisotopic (exact) mass is 360 g/mol. The normalized spacial score (nSPS) is 10.7. The second kappa shape index (κ2) is 7.71. The highest BCUT2D eigenvalue weighted by Crippen LogP contribution is 2.28. The van der Waals surface area contributed by atoms with Crippen LogP contribution in [-0.4, -0.2) is 26.4 Å². The molecule has 2 rings (SSSR count). The minimum Gasteiger partial charge on any atom is -0.484 e. The molecule has 0 spiro atoms. The summed E-state index contributed by atoms with van der Waals surface area (Å²) >= 11 is 13.2. The third-order valence-electron chi connectivity index (χ3n) is 2.70. The molecule has 1 aromatic carbocycles. The van der Waals surface area contributed by atoms with E-state index in [2.05, 4.69) is 10.2 Å². The maximum atomic E-state index is 10.9. The highest BCUT2D eigenvalue weighted by atomic mass is 35.5. The van der Waals surface area contributed by atoms with Crippen LogP contribution in [0.15, 0.2) is 23.4 Å². The third-order valence-corrected chi connectivity index (χ3v) is 4.24. The lowest BCUT2D eigenvalue weighted by atomic mass is 10.3. The molecule has 0 radical (unpaired) electrons. The fourth-order valence-corrected chi connectivity index (χ4v) is 2.81. The first kappa shape index (κ1) is 16.9. The molecule has 2 aromatic rings. The zero-order valence-corrected chi connectivity index (χ0v) is 14.1. The van der Waals surface area contributed by atoms with Crippen molar-refractivity contribution in [3.05, 3.63) is 34.1 Å². The Morgan fingerprint density at radius 2 is 2.18 bits per heavy atom. The standard InChI is InChI=1S/C13H14Cl2N4O2S/c1-2-19-12(17-18-13(19)22-7-11(16)20)6-21-10-5-8(14)3-4-9(10)15/h3-5H,2,6-7H2,1H3,(H2,16,20). The second-order valence-corrected chi connectivity index (χ2v) is 6.05. The van der Waals surface area contributed by atoms with Gasteiger partial charge in [0.2, 0.25) is 5.91 Å². The second-order valence-electron chi connectivity index (χ2n) is 4.26. The van der Waals surface area contributed by atoms with Crippen LogP contribution in [0.3, 0.4) is 0 Å². The molecular weight excluding hydrogens is 347 g/mol. The Morgan fingerprint density at radius 1 is 1.41 bits per heavy atom. The molecule has 0 bridgehead atoms. The summed E-state index contributed by atoms with van der Waals surface area (Å²) in [4.78, 5) is 10.9. The lowest BCUT2D eigenvalue weighted by Gasteiger charge is -2.09. The molecule has 0 saturated carbocycles. The summed E-state index contributed by atoms with van der Waals surface area (Å²) in [5, 5.41) is 9.74. The highest BCUT2D eigenvalue weighted by molar-refractivity contribution is 7.99. The lowest BCUT2D eigenvalue weighted by molar-refractivity contribution is -0.115. The van der Waals surface area contributed by atoms with Crippen LogP contribution < -0.4 is 10.5 Å². The number of rotatable bonds is 7. The molecule has 0 saturated heterocycles. The summed E-state index contributed by atoms with van der Waals surface area (Å²) in [6.07, 6.45) is 0. The van der Waals surface area contributed by atoms with Crippen LogP contribution in [0.1, 0.15) is 12.7 Å². The molecule has 6 nitrogen and oxygen atoms in total. The van der Waals surface area contributed by atoms with Crippen LogP contribution in [0.5, 0.6) is 5.75 Å². The van der Waals surface area contributed by atoms with Crippen LogP contribution in [0.4, 0.5) is 0 Å². The number of halogens is 2. The van der Waals surface area contributed by atoms with Crippen molar-refractivity contribution in [1.82, 2.24) is 14.8 Å². The first-order chi connectivity index (χ1) is 10.5. The lowest BCUT2D eigenvalue weighted by Crippen LogP contribution is -2.14. The van der Waals surface area contributed by atoms with E-state index >= 15 is 0 Å². The zero-order valence-electron chi connectivity index (χ0n) is 11.8. The number of carbonyl (C=O) groups is 1. The fourth-order valence-electron chi connectivity index (χ4n) is 1.72. The van der Waals surface area contributed by atoms with Crippen molar-refractivity contribution in [2.75, 3.05) is 5.75 Å². The molecule has 1 amide bonds. The minimum absolute atomic E-state index is 0.152. The van der Waals surface area contributed by atoms with E-state index in [1.165, 1.54) is 11.8 Å². The maximum Gasteiger partial charge on any atom is 0.227 e. The molecule has 9 heteroatoms. The number of hydrogen-bond donors (Lipinski definition) is 1. The van der Waals surface area contributed by atoms with E-state index in [1.807, 2.05) is 11.5 Å². The van der Waals surface area contributed by atoms with Crippen molar-refractivity contribution in [2.45, 2.75) is 25.2 Å². The van der Waals surface area contributed by atoms with Gasteiger partial charge in [0.15, 0.2) is 11.0 Å². The molecule has 0 aliphatic rings. The summed E-state index contributed by atoms with van der Waals surface area (Å²) in [5.74, 6) is 0.856. The van der Waals surface area contributed by atoms with Crippen LogP contribution in [0, 0.1) is 0 Å². The molecule has 2 N–H and O–H groups in total. The van der Waals surface area contributed by atoms with Crippen molar-refractivity contribution in [1.29, 1.82) is 0 Å². The van der Waals surface area contributed by atoms with Gasteiger partial charge in [-0.25, -0.2) is 0 Å². The summed E-state index contributed by atoms with van der Waals surface area (Å²) in [7, 11) is 0. The zero-order chi connectivity index (χ0) is 16.1. The van der Waals surface area contributed by atoms with E-state index in [0.29, 0.717) is 33.3 Å². The SMILES string of the molecule is CCn1c(COc2cc(Cl)ccc2Cl)nnc1SCC(N)=O. The van der Waals surface area contributed by atoms with Gasteiger partial charge in [0, 0.05) is 17.6 Å². The van der Waals surface area contributed by atoms with Gasteiger partial charge in [0.1, 0.15) is 12.4 Å². The van der Waals surface area contributed by atoms with E-state index < -0.39 is 5.91 Å². The van der Waals surface area contributed by atoms with Gasteiger partial charge in [-0.1, -0.05) is 35.0 Å². The van der Waals surface area contributed by atoms with Gasteiger partial charge in [-0.15, -0.1) is 10.2 Å². The van der Waals surface area contributed by atoms with Crippen LogP contribution in [-0.2, 0) is 17.9 Å². The summed E-state index contributed by atoms with van der Waals surface area (Å²) in [6, 6.07) is 4.99. The Morgan fingerprint density at radius 3 is 2.86 bits per heavy atom. The molecule has 22 heavy (non-hydrogen) atoms. The van der Waals surface area contributed by atoms with Crippen molar-refractivity contribution in [2.24, 2.45) is 5.73 Å². The average Bonchev–Trinajstić information content (AvgIpc) is 2.88. The number of benzene rings is 1. The molecule has 1 heterocycles. The van der Waals surface area contributed by atoms with Crippen LogP contribution in [0.25, 0.3) is 0 Å². The van der Waals surface area contributed by atoms with Gasteiger partial charge in [-0.3, -0.25) is 4.79 Å². The Labute approximate surface area is 141 Å². The predicted octanol–water partition coefficient (Wildman–Crippen LogP) is 2.76.